The van der Waals surface area contributed by atoms with Gasteiger partial charge in [0.05, 0.1) is 7.11 Å². The highest BCUT2D eigenvalue weighted by molar-refractivity contribution is 5.87. The molecule has 0 radical (unpaired) electrons. The zero-order valence-corrected chi connectivity index (χ0v) is 30.1. The first-order valence-electron chi connectivity index (χ1n) is 18.3. The molecule has 0 heterocycles. The summed E-state index contributed by atoms with van der Waals surface area (Å²) in [6.45, 7) is 4.69. The van der Waals surface area contributed by atoms with Crippen LogP contribution in [0.1, 0.15) is 48.9 Å². The first-order chi connectivity index (χ1) is 25.6. The van der Waals surface area contributed by atoms with Crippen molar-refractivity contribution in [3.63, 3.8) is 0 Å². The van der Waals surface area contributed by atoms with Crippen molar-refractivity contribution in [2.24, 2.45) is 0 Å². The van der Waals surface area contributed by atoms with Crippen molar-refractivity contribution >= 4 is 29.2 Å². The molecular formula is C50H43NO. The molecule has 7 aromatic carbocycles. The minimum absolute atomic E-state index is 0.0552. The fraction of sp³-hybridized carbons (Fsp3) is 0.120. The Balaban J connectivity index is 1.08. The van der Waals surface area contributed by atoms with Crippen LogP contribution in [0.15, 0.2) is 170 Å². The Morgan fingerprint density at radius 1 is 0.462 bits per heavy atom. The number of methoxy groups -OCH3 is 1. The summed E-state index contributed by atoms with van der Waals surface area (Å²) in [6.07, 6.45) is 6.54. The van der Waals surface area contributed by atoms with E-state index in [1.54, 1.807) is 7.11 Å². The van der Waals surface area contributed by atoms with Crippen LogP contribution in [0.25, 0.3) is 45.5 Å². The third kappa shape index (κ3) is 6.01. The molecule has 0 amide bonds. The van der Waals surface area contributed by atoms with Gasteiger partial charge in [-0.1, -0.05) is 153 Å². The molecule has 0 saturated carbocycles. The molecule has 0 bridgehead atoms. The first-order valence-corrected chi connectivity index (χ1v) is 18.3. The van der Waals surface area contributed by atoms with E-state index in [4.69, 9.17) is 4.74 Å². The zero-order chi connectivity index (χ0) is 35.5. The molecule has 254 valence electrons. The maximum Gasteiger partial charge on any atom is 0.127 e. The highest BCUT2D eigenvalue weighted by Gasteiger charge is 2.41. The Bertz CT molecular complexity index is 2300. The van der Waals surface area contributed by atoms with E-state index >= 15 is 0 Å². The molecule has 52 heavy (non-hydrogen) atoms. The molecule has 0 aromatic heterocycles. The minimum atomic E-state index is -0.0552. The van der Waals surface area contributed by atoms with Crippen LogP contribution in [-0.2, 0) is 5.41 Å². The van der Waals surface area contributed by atoms with E-state index in [9.17, 15) is 0 Å². The van der Waals surface area contributed by atoms with Crippen molar-refractivity contribution in [1.29, 1.82) is 0 Å². The van der Waals surface area contributed by atoms with Gasteiger partial charge in [-0.25, -0.2) is 0 Å². The molecule has 1 aliphatic carbocycles. The SMILES string of the molecule is CCC1(CC)c2cc(/C=C/c3ccc(-c4ccc(-c5ccccc5)cc4OC)cc3)ccc2-c2ccc(N(c3ccccc3)c3ccccc3)cc21. The fourth-order valence-corrected chi connectivity index (χ4v) is 8.06. The van der Waals surface area contributed by atoms with Gasteiger partial charge in [-0.3, -0.25) is 0 Å². The van der Waals surface area contributed by atoms with Crippen LogP contribution >= 0.6 is 0 Å². The molecule has 0 unspecified atom stereocenters. The number of nitrogens with zero attached hydrogens (tertiary/aromatic N) is 1. The monoisotopic (exact) mass is 673 g/mol. The van der Waals surface area contributed by atoms with Gasteiger partial charge in [0.1, 0.15) is 5.75 Å². The van der Waals surface area contributed by atoms with Crippen LogP contribution < -0.4 is 9.64 Å². The Morgan fingerprint density at radius 3 is 1.60 bits per heavy atom. The molecule has 0 saturated heterocycles. The van der Waals surface area contributed by atoms with Gasteiger partial charge in [-0.05, 0) is 105 Å². The Morgan fingerprint density at radius 2 is 0.981 bits per heavy atom. The summed E-state index contributed by atoms with van der Waals surface area (Å²) < 4.78 is 5.83. The standard InChI is InChI=1S/C50H43NO/c1-4-50(5-2)47-33-37(22-21-36-23-26-39(27-24-36)44-31-28-40(34-49(44)52-3)38-15-9-6-10-16-38)25-30-45(47)46-32-29-43(35-48(46)50)51(41-17-11-7-12-18-41)42-19-13-8-14-20-42/h6-35H,4-5H2,1-3H3/b22-21+. The van der Waals surface area contributed by atoms with E-state index < -0.39 is 0 Å². The van der Waals surface area contributed by atoms with Crippen molar-refractivity contribution in [2.45, 2.75) is 32.1 Å². The molecular weight excluding hydrogens is 631 g/mol. The van der Waals surface area contributed by atoms with Crippen molar-refractivity contribution in [3.8, 4) is 39.1 Å². The quantitative estimate of drug-likeness (QED) is 0.134. The summed E-state index contributed by atoms with van der Waals surface area (Å²) in [7, 11) is 1.74. The van der Waals surface area contributed by atoms with Gasteiger partial charge >= 0.3 is 0 Å². The lowest BCUT2D eigenvalue weighted by molar-refractivity contribution is 0.416. The van der Waals surface area contributed by atoms with Gasteiger partial charge in [-0.2, -0.15) is 0 Å². The van der Waals surface area contributed by atoms with E-state index in [-0.39, 0.29) is 5.41 Å². The maximum absolute atomic E-state index is 5.83. The lowest BCUT2D eigenvalue weighted by Crippen LogP contribution is -2.23. The van der Waals surface area contributed by atoms with Crippen LogP contribution in [0.2, 0.25) is 0 Å². The summed E-state index contributed by atoms with van der Waals surface area (Å²) in [4.78, 5) is 2.37. The van der Waals surface area contributed by atoms with E-state index in [2.05, 4.69) is 195 Å². The number of anilines is 3. The van der Waals surface area contributed by atoms with Crippen LogP contribution in [-0.4, -0.2) is 7.11 Å². The fourth-order valence-electron chi connectivity index (χ4n) is 8.06. The van der Waals surface area contributed by atoms with Crippen LogP contribution in [0.5, 0.6) is 5.75 Å². The normalized spacial score (nSPS) is 12.8. The molecule has 8 rings (SSSR count). The Kier molecular flexibility index (Phi) is 9.05. The lowest BCUT2D eigenvalue weighted by atomic mass is 9.73. The van der Waals surface area contributed by atoms with Crippen molar-refractivity contribution < 1.29 is 4.74 Å². The van der Waals surface area contributed by atoms with Gasteiger partial charge in [-0.15, -0.1) is 0 Å². The van der Waals surface area contributed by atoms with E-state index in [1.807, 2.05) is 6.07 Å². The number of fused-ring (bicyclic) bond motifs is 3. The van der Waals surface area contributed by atoms with E-state index in [0.717, 1.165) is 52.2 Å². The van der Waals surface area contributed by atoms with Crippen LogP contribution in [0.3, 0.4) is 0 Å². The number of hydrogen-bond acceptors (Lipinski definition) is 2. The molecule has 1 aliphatic rings. The highest BCUT2D eigenvalue weighted by Crippen LogP contribution is 2.54. The molecule has 0 N–H and O–H groups in total. The van der Waals surface area contributed by atoms with Gasteiger partial charge in [0.15, 0.2) is 0 Å². The van der Waals surface area contributed by atoms with E-state index in [1.165, 1.54) is 39.1 Å². The second-order valence-electron chi connectivity index (χ2n) is 13.6. The van der Waals surface area contributed by atoms with Gasteiger partial charge < -0.3 is 9.64 Å². The van der Waals surface area contributed by atoms with Crippen LogP contribution in [0.4, 0.5) is 17.1 Å². The topological polar surface area (TPSA) is 12.5 Å². The second kappa shape index (κ2) is 14.2. The molecule has 0 aliphatic heterocycles. The molecule has 0 fully saturated rings. The summed E-state index contributed by atoms with van der Waals surface area (Å²) in [5.74, 6) is 0.874. The second-order valence-corrected chi connectivity index (χ2v) is 13.6. The zero-order valence-electron chi connectivity index (χ0n) is 30.1. The summed E-state index contributed by atoms with van der Waals surface area (Å²) in [5.41, 5.74) is 15.9. The lowest BCUT2D eigenvalue weighted by Gasteiger charge is -2.32. The highest BCUT2D eigenvalue weighted by atomic mass is 16.5. The van der Waals surface area contributed by atoms with Crippen LogP contribution in [0, 0.1) is 0 Å². The third-order valence-corrected chi connectivity index (χ3v) is 10.9. The minimum Gasteiger partial charge on any atom is -0.496 e. The number of para-hydroxylation sites is 2. The summed E-state index contributed by atoms with van der Waals surface area (Å²) >= 11 is 0. The predicted octanol–water partition coefficient (Wildman–Crippen LogP) is 13.8. The summed E-state index contributed by atoms with van der Waals surface area (Å²) in [6, 6.07) is 61.1. The average molecular weight is 674 g/mol. The van der Waals surface area contributed by atoms with Gasteiger partial charge in [0, 0.05) is 28.0 Å². The number of hydrogen-bond donors (Lipinski definition) is 0. The molecule has 0 spiro atoms. The first kappa shape index (κ1) is 33.0. The van der Waals surface area contributed by atoms with E-state index in [0.29, 0.717) is 0 Å². The van der Waals surface area contributed by atoms with Gasteiger partial charge in [0.2, 0.25) is 0 Å². The Labute approximate surface area is 308 Å². The average Bonchev–Trinajstić information content (AvgIpc) is 3.49. The van der Waals surface area contributed by atoms with Crippen molar-refractivity contribution in [3.05, 3.63) is 192 Å². The smallest absolute Gasteiger partial charge is 0.127 e. The Hall–Kier alpha value is -6.12. The molecule has 0 atom stereocenters. The number of rotatable bonds is 10. The molecule has 2 nitrogen and oxygen atoms in total. The van der Waals surface area contributed by atoms with Crippen molar-refractivity contribution in [2.75, 3.05) is 12.0 Å². The third-order valence-electron chi connectivity index (χ3n) is 10.9. The summed E-state index contributed by atoms with van der Waals surface area (Å²) in [5, 5.41) is 0. The number of ether oxygens (including phenoxy) is 1. The van der Waals surface area contributed by atoms with Gasteiger partial charge in [0.25, 0.3) is 0 Å². The molecule has 7 aromatic rings. The molecule has 2 heteroatoms. The predicted molar refractivity (Wildman–Crippen MR) is 221 cm³/mol. The largest absolute Gasteiger partial charge is 0.496 e. The maximum atomic E-state index is 5.83. The van der Waals surface area contributed by atoms with Crippen molar-refractivity contribution in [1.82, 2.24) is 0 Å². The number of benzene rings is 7.